The van der Waals surface area contributed by atoms with E-state index in [0.717, 1.165) is 0 Å². The normalized spacial score (nSPS) is 13.7. The van der Waals surface area contributed by atoms with Crippen molar-refractivity contribution in [1.82, 2.24) is 9.88 Å². The van der Waals surface area contributed by atoms with Gasteiger partial charge in [-0.2, -0.15) is 0 Å². The van der Waals surface area contributed by atoms with Crippen LogP contribution in [0.1, 0.15) is 38.3 Å². The second-order valence-corrected chi connectivity index (χ2v) is 6.03. The molecule has 1 aliphatic heterocycles. The Labute approximate surface area is 162 Å². The molecule has 1 fully saturated rings. The minimum atomic E-state index is -0.525. The molecule has 1 aliphatic rings. The van der Waals surface area contributed by atoms with Gasteiger partial charge in [0.15, 0.2) is 0 Å². The van der Waals surface area contributed by atoms with Gasteiger partial charge >= 0.3 is 5.97 Å². The first-order valence-corrected chi connectivity index (χ1v) is 9.01. The van der Waals surface area contributed by atoms with Gasteiger partial charge in [0.1, 0.15) is 11.4 Å². The quantitative estimate of drug-likeness (QED) is 0.793. The lowest BCUT2D eigenvalue weighted by atomic mass is 10.1. The van der Waals surface area contributed by atoms with Gasteiger partial charge in [0.05, 0.1) is 31.1 Å². The number of aromatic nitrogens is 1. The molecule has 8 nitrogen and oxygen atoms in total. The molecule has 8 heteroatoms. The van der Waals surface area contributed by atoms with Crippen molar-refractivity contribution in [2.75, 3.05) is 38.2 Å². The molecule has 0 atom stereocenters. The van der Waals surface area contributed by atoms with Crippen LogP contribution in [0.3, 0.4) is 0 Å². The Balaban J connectivity index is 1.77. The second kappa shape index (κ2) is 9.09. The number of amides is 2. The first-order chi connectivity index (χ1) is 13.6. The van der Waals surface area contributed by atoms with E-state index in [-0.39, 0.29) is 29.5 Å². The maximum absolute atomic E-state index is 12.6. The van der Waals surface area contributed by atoms with Crippen LogP contribution >= 0.6 is 0 Å². The number of ether oxygens (including phenoxy) is 2. The lowest BCUT2D eigenvalue weighted by Gasteiger charge is -2.26. The number of carbonyl (C=O) groups excluding carboxylic acids is 3. The van der Waals surface area contributed by atoms with Crippen molar-refractivity contribution in [1.29, 1.82) is 0 Å². The van der Waals surface area contributed by atoms with Crippen molar-refractivity contribution in [2.24, 2.45) is 0 Å². The van der Waals surface area contributed by atoms with Crippen LogP contribution in [0, 0.1) is 0 Å². The van der Waals surface area contributed by atoms with Crippen molar-refractivity contribution in [3.05, 3.63) is 59.4 Å². The van der Waals surface area contributed by atoms with Gasteiger partial charge < -0.3 is 19.7 Å². The Bertz CT molecular complexity index is 878. The zero-order valence-corrected chi connectivity index (χ0v) is 15.5. The number of para-hydroxylation sites is 1. The number of pyridine rings is 1. The van der Waals surface area contributed by atoms with Crippen LogP contribution in [0.15, 0.2) is 42.5 Å². The van der Waals surface area contributed by atoms with Crippen LogP contribution < -0.4 is 5.32 Å². The number of nitrogens with zero attached hydrogens (tertiary/aromatic N) is 2. The number of benzene rings is 1. The predicted molar refractivity (Wildman–Crippen MR) is 101 cm³/mol. The van der Waals surface area contributed by atoms with E-state index in [1.807, 2.05) is 0 Å². The summed E-state index contributed by atoms with van der Waals surface area (Å²) in [6.45, 7) is 3.88. The fourth-order valence-corrected chi connectivity index (χ4v) is 2.77. The molecule has 0 unspecified atom stereocenters. The highest BCUT2D eigenvalue weighted by Crippen LogP contribution is 2.17. The first-order valence-electron chi connectivity index (χ1n) is 9.01. The van der Waals surface area contributed by atoms with Crippen LogP contribution in [-0.4, -0.2) is 60.6 Å². The average molecular weight is 383 g/mol. The molecule has 0 bridgehead atoms. The van der Waals surface area contributed by atoms with Gasteiger partial charge in [-0.3, -0.25) is 9.59 Å². The molecular weight excluding hydrogens is 362 g/mol. The molecule has 1 N–H and O–H groups in total. The summed E-state index contributed by atoms with van der Waals surface area (Å²) in [5, 5.41) is 2.66. The fourth-order valence-electron chi connectivity index (χ4n) is 2.77. The van der Waals surface area contributed by atoms with Gasteiger partial charge in [-0.1, -0.05) is 18.2 Å². The zero-order valence-electron chi connectivity index (χ0n) is 15.5. The van der Waals surface area contributed by atoms with Crippen LogP contribution in [0.25, 0.3) is 0 Å². The van der Waals surface area contributed by atoms with Gasteiger partial charge in [0, 0.05) is 13.1 Å². The molecule has 2 heterocycles. The lowest BCUT2D eigenvalue weighted by Crippen LogP contribution is -2.41. The summed E-state index contributed by atoms with van der Waals surface area (Å²) in [6, 6.07) is 11.2. The minimum absolute atomic E-state index is 0.0813. The van der Waals surface area contributed by atoms with Crippen molar-refractivity contribution >= 4 is 23.5 Å². The van der Waals surface area contributed by atoms with Gasteiger partial charge in [-0.25, -0.2) is 9.78 Å². The summed E-state index contributed by atoms with van der Waals surface area (Å²) in [5.74, 6) is -1.29. The highest BCUT2D eigenvalue weighted by molar-refractivity contribution is 6.07. The molecule has 1 aromatic heterocycles. The fraction of sp³-hybridized carbons (Fsp3) is 0.300. The maximum Gasteiger partial charge on any atom is 0.340 e. The number of hydrogen-bond acceptors (Lipinski definition) is 6. The summed E-state index contributed by atoms with van der Waals surface area (Å²) in [4.78, 5) is 43.1. The molecule has 0 saturated carbocycles. The van der Waals surface area contributed by atoms with E-state index in [9.17, 15) is 14.4 Å². The molecule has 0 radical (unpaired) electrons. The summed E-state index contributed by atoms with van der Waals surface area (Å²) >= 11 is 0. The third-order valence-electron chi connectivity index (χ3n) is 4.17. The van der Waals surface area contributed by atoms with Gasteiger partial charge in [0.25, 0.3) is 11.8 Å². The standard InChI is InChI=1S/C20H21N3O5/c1-2-28-20(26)14-6-3-4-7-15(14)22-18(24)16-8-5-9-17(21-16)19(25)23-10-12-27-13-11-23/h3-9H,2,10-13H2,1H3,(H,22,24). The summed E-state index contributed by atoms with van der Waals surface area (Å²) in [7, 11) is 0. The summed E-state index contributed by atoms with van der Waals surface area (Å²) in [5.41, 5.74) is 0.835. The third kappa shape index (κ3) is 4.52. The van der Waals surface area contributed by atoms with E-state index in [0.29, 0.717) is 32.0 Å². The van der Waals surface area contributed by atoms with E-state index in [1.54, 1.807) is 48.2 Å². The van der Waals surface area contributed by atoms with Gasteiger partial charge in [-0.15, -0.1) is 0 Å². The van der Waals surface area contributed by atoms with Crippen molar-refractivity contribution in [3.63, 3.8) is 0 Å². The average Bonchev–Trinajstić information content (AvgIpc) is 2.74. The Morgan fingerprint density at radius 3 is 2.54 bits per heavy atom. The Morgan fingerprint density at radius 1 is 1.07 bits per heavy atom. The topological polar surface area (TPSA) is 97.8 Å². The van der Waals surface area contributed by atoms with Crippen molar-refractivity contribution < 1.29 is 23.9 Å². The highest BCUT2D eigenvalue weighted by atomic mass is 16.5. The molecule has 3 rings (SSSR count). The van der Waals surface area contributed by atoms with E-state index >= 15 is 0 Å². The number of nitrogens with one attached hydrogen (secondary N) is 1. The minimum Gasteiger partial charge on any atom is -0.462 e. The molecule has 1 saturated heterocycles. The Morgan fingerprint density at radius 2 is 1.79 bits per heavy atom. The monoisotopic (exact) mass is 383 g/mol. The van der Waals surface area contributed by atoms with Crippen molar-refractivity contribution in [2.45, 2.75) is 6.92 Å². The smallest absolute Gasteiger partial charge is 0.340 e. The summed E-state index contributed by atoms with van der Waals surface area (Å²) in [6.07, 6.45) is 0. The Kier molecular flexibility index (Phi) is 6.33. The van der Waals surface area contributed by atoms with Crippen LogP contribution in [0.4, 0.5) is 5.69 Å². The van der Waals surface area contributed by atoms with Gasteiger partial charge in [0.2, 0.25) is 0 Å². The van der Waals surface area contributed by atoms with E-state index in [2.05, 4.69) is 10.3 Å². The number of morpholine rings is 1. The van der Waals surface area contributed by atoms with Crippen molar-refractivity contribution in [3.8, 4) is 0 Å². The number of anilines is 1. The molecule has 146 valence electrons. The van der Waals surface area contributed by atoms with Crippen LogP contribution in [0.5, 0.6) is 0 Å². The predicted octanol–water partition coefficient (Wildman–Crippen LogP) is 1.98. The largest absolute Gasteiger partial charge is 0.462 e. The highest BCUT2D eigenvalue weighted by Gasteiger charge is 2.21. The molecule has 1 aromatic carbocycles. The molecule has 0 spiro atoms. The first kappa shape index (κ1) is 19.5. The molecule has 2 amide bonds. The maximum atomic E-state index is 12.6. The van der Waals surface area contributed by atoms with Crippen LogP contribution in [0.2, 0.25) is 0 Å². The Hall–Kier alpha value is -3.26. The van der Waals surface area contributed by atoms with E-state index in [4.69, 9.17) is 9.47 Å². The number of hydrogen-bond donors (Lipinski definition) is 1. The van der Waals surface area contributed by atoms with E-state index in [1.165, 1.54) is 6.07 Å². The number of rotatable bonds is 5. The van der Waals surface area contributed by atoms with Gasteiger partial charge in [-0.05, 0) is 31.2 Å². The lowest BCUT2D eigenvalue weighted by molar-refractivity contribution is 0.0299. The zero-order chi connectivity index (χ0) is 19.9. The SMILES string of the molecule is CCOC(=O)c1ccccc1NC(=O)c1cccc(C(=O)N2CCOCC2)n1. The molecule has 0 aliphatic carbocycles. The number of carbonyl (C=O) groups is 3. The molecular formula is C20H21N3O5. The third-order valence-corrected chi connectivity index (χ3v) is 4.17. The molecule has 2 aromatic rings. The molecule has 28 heavy (non-hydrogen) atoms. The van der Waals surface area contributed by atoms with Crippen LogP contribution in [-0.2, 0) is 9.47 Å². The summed E-state index contributed by atoms with van der Waals surface area (Å²) < 4.78 is 10.3. The second-order valence-electron chi connectivity index (χ2n) is 6.03. The van der Waals surface area contributed by atoms with E-state index < -0.39 is 11.9 Å². The number of esters is 1.